The monoisotopic (exact) mass is 256 g/mol. The van der Waals surface area contributed by atoms with E-state index < -0.39 is 0 Å². The Balaban J connectivity index is 2.12. The molecule has 1 aromatic carbocycles. The van der Waals surface area contributed by atoms with Gasteiger partial charge >= 0.3 is 0 Å². The van der Waals surface area contributed by atoms with Gasteiger partial charge in [0.2, 0.25) is 0 Å². The largest absolute Gasteiger partial charge is 0.327 e. The summed E-state index contributed by atoms with van der Waals surface area (Å²) < 4.78 is 0. The van der Waals surface area contributed by atoms with Gasteiger partial charge in [-0.05, 0) is 42.9 Å². The van der Waals surface area contributed by atoms with Crippen LogP contribution in [0.2, 0.25) is 0 Å². The second-order valence-corrected chi connectivity index (χ2v) is 5.94. The number of rotatable bonds is 4. The summed E-state index contributed by atoms with van der Waals surface area (Å²) in [6, 6.07) is 10.3. The molecule has 2 atom stereocenters. The maximum Gasteiger partial charge on any atom is 0.0991 e. The third kappa shape index (κ3) is 3.81. The Bertz CT molecular complexity index is 439. The minimum Gasteiger partial charge on any atom is -0.327 e. The summed E-state index contributed by atoms with van der Waals surface area (Å²) >= 11 is 0. The number of benzene rings is 1. The van der Waals surface area contributed by atoms with Crippen molar-refractivity contribution in [3.05, 3.63) is 35.4 Å². The van der Waals surface area contributed by atoms with Crippen molar-refractivity contribution in [3.8, 4) is 6.07 Å². The van der Waals surface area contributed by atoms with E-state index in [0.717, 1.165) is 11.5 Å². The first-order valence-corrected chi connectivity index (χ1v) is 7.46. The molecule has 0 aromatic heterocycles. The van der Waals surface area contributed by atoms with Crippen LogP contribution in [0.3, 0.4) is 0 Å². The van der Waals surface area contributed by atoms with E-state index in [0.29, 0.717) is 5.92 Å². The van der Waals surface area contributed by atoms with Crippen LogP contribution < -0.4 is 5.73 Å². The molecule has 2 heteroatoms. The fourth-order valence-corrected chi connectivity index (χ4v) is 3.28. The predicted octanol–water partition coefficient (Wildman–Crippen LogP) is 3.96. The second-order valence-electron chi connectivity index (χ2n) is 5.94. The van der Waals surface area contributed by atoms with Gasteiger partial charge in [0.15, 0.2) is 0 Å². The number of nitrogens with zero attached hydrogens (tertiary/aromatic N) is 1. The molecule has 0 heterocycles. The van der Waals surface area contributed by atoms with Crippen LogP contribution >= 0.6 is 0 Å². The third-order valence-electron chi connectivity index (χ3n) is 4.39. The minimum atomic E-state index is 0.149. The van der Waals surface area contributed by atoms with Crippen LogP contribution in [0.5, 0.6) is 0 Å². The van der Waals surface area contributed by atoms with Gasteiger partial charge in [0.1, 0.15) is 0 Å². The van der Waals surface area contributed by atoms with Gasteiger partial charge in [0, 0.05) is 6.04 Å². The van der Waals surface area contributed by atoms with Crippen LogP contribution in [-0.4, -0.2) is 6.04 Å². The first kappa shape index (κ1) is 14.1. The molecule has 102 valence electrons. The zero-order chi connectivity index (χ0) is 13.7. The first-order chi connectivity index (χ1) is 9.20. The molecule has 1 saturated carbocycles. The molecule has 1 aliphatic rings. The van der Waals surface area contributed by atoms with Crippen LogP contribution in [0.4, 0.5) is 0 Å². The molecule has 2 unspecified atom stereocenters. The molecule has 0 aliphatic heterocycles. The highest BCUT2D eigenvalue weighted by atomic mass is 14.6. The molecular formula is C17H24N2. The van der Waals surface area contributed by atoms with Crippen molar-refractivity contribution in [2.24, 2.45) is 11.7 Å². The SMILES string of the molecule is CC(N)C(CC1CCCCC1)c1cccc(C#N)c1. The van der Waals surface area contributed by atoms with Gasteiger partial charge in [-0.15, -0.1) is 0 Å². The topological polar surface area (TPSA) is 49.8 Å². The lowest BCUT2D eigenvalue weighted by atomic mass is 9.78. The number of nitriles is 1. The molecule has 0 bridgehead atoms. The van der Waals surface area contributed by atoms with E-state index in [1.807, 2.05) is 18.2 Å². The Hall–Kier alpha value is -1.33. The fraction of sp³-hybridized carbons (Fsp3) is 0.588. The lowest BCUT2D eigenvalue weighted by Gasteiger charge is -2.29. The van der Waals surface area contributed by atoms with Gasteiger partial charge in [0.25, 0.3) is 0 Å². The maximum atomic E-state index is 9.02. The van der Waals surface area contributed by atoms with Crippen molar-refractivity contribution in [1.29, 1.82) is 5.26 Å². The summed E-state index contributed by atoms with van der Waals surface area (Å²) in [6.07, 6.45) is 8.00. The Kier molecular flexibility index (Phi) is 4.99. The minimum absolute atomic E-state index is 0.149. The highest BCUT2D eigenvalue weighted by molar-refractivity contribution is 5.35. The lowest BCUT2D eigenvalue weighted by molar-refractivity contribution is 0.306. The molecule has 2 rings (SSSR count). The summed E-state index contributed by atoms with van der Waals surface area (Å²) in [6.45, 7) is 2.09. The van der Waals surface area contributed by atoms with Gasteiger partial charge in [0.05, 0.1) is 11.6 Å². The van der Waals surface area contributed by atoms with E-state index in [-0.39, 0.29) is 6.04 Å². The van der Waals surface area contributed by atoms with E-state index >= 15 is 0 Å². The summed E-state index contributed by atoms with van der Waals surface area (Å²) in [5.41, 5.74) is 8.17. The van der Waals surface area contributed by atoms with Gasteiger partial charge in [-0.3, -0.25) is 0 Å². The van der Waals surface area contributed by atoms with Crippen LogP contribution in [-0.2, 0) is 0 Å². The molecule has 2 nitrogen and oxygen atoms in total. The van der Waals surface area contributed by atoms with E-state index in [4.69, 9.17) is 11.0 Å². The van der Waals surface area contributed by atoms with Crippen molar-refractivity contribution < 1.29 is 0 Å². The zero-order valence-electron chi connectivity index (χ0n) is 11.8. The molecular weight excluding hydrogens is 232 g/mol. The average Bonchev–Trinajstić information content (AvgIpc) is 2.45. The summed E-state index contributed by atoms with van der Waals surface area (Å²) in [5.74, 6) is 1.20. The normalized spacial score (nSPS) is 19.6. The quantitative estimate of drug-likeness (QED) is 0.886. The molecule has 0 amide bonds. The molecule has 0 radical (unpaired) electrons. The number of hydrogen-bond acceptors (Lipinski definition) is 2. The van der Waals surface area contributed by atoms with Crippen molar-refractivity contribution in [3.63, 3.8) is 0 Å². The van der Waals surface area contributed by atoms with Crippen LogP contribution in [0.15, 0.2) is 24.3 Å². The maximum absolute atomic E-state index is 9.02. The second kappa shape index (κ2) is 6.73. The molecule has 1 fully saturated rings. The lowest BCUT2D eigenvalue weighted by Crippen LogP contribution is -2.27. The first-order valence-electron chi connectivity index (χ1n) is 7.46. The molecule has 1 aromatic rings. The zero-order valence-corrected chi connectivity index (χ0v) is 11.8. The molecule has 19 heavy (non-hydrogen) atoms. The predicted molar refractivity (Wildman–Crippen MR) is 78.7 cm³/mol. The van der Waals surface area contributed by atoms with Crippen LogP contribution in [0.1, 0.15) is 62.5 Å². The van der Waals surface area contributed by atoms with E-state index in [9.17, 15) is 0 Å². The van der Waals surface area contributed by atoms with Crippen LogP contribution in [0, 0.1) is 17.2 Å². The fourth-order valence-electron chi connectivity index (χ4n) is 3.28. The number of hydrogen-bond donors (Lipinski definition) is 1. The summed E-state index contributed by atoms with van der Waals surface area (Å²) in [4.78, 5) is 0. The Morgan fingerprint density at radius 3 is 2.68 bits per heavy atom. The smallest absolute Gasteiger partial charge is 0.0991 e. The molecule has 2 N–H and O–H groups in total. The molecule has 0 spiro atoms. The Morgan fingerprint density at radius 2 is 2.05 bits per heavy atom. The third-order valence-corrected chi connectivity index (χ3v) is 4.39. The average molecular weight is 256 g/mol. The van der Waals surface area contributed by atoms with E-state index in [1.165, 1.54) is 44.1 Å². The summed E-state index contributed by atoms with van der Waals surface area (Å²) in [7, 11) is 0. The van der Waals surface area contributed by atoms with Crippen molar-refractivity contribution in [1.82, 2.24) is 0 Å². The van der Waals surface area contributed by atoms with Gasteiger partial charge < -0.3 is 5.73 Å². The number of nitrogens with two attached hydrogens (primary N) is 1. The van der Waals surface area contributed by atoms with E-state index in [2.05, 4.69) is 19.1 Å². The highest BCUT2D eigenvalue weighted by Crippen LogP contribution is 2.34. The molecule has 1 aliphatic carbocycles. The van der Waals surface area contributed by atoms with Crippen molar-refractivity contribution >= 4 is 0 Å². The van der Waals surface area contributed by atoms with Crippen molar-refractivity contribution in [2.75, 3.05) is 0 Å². The van der Waals surface area contributed by atoms with Gasteiger partial charge in [-0.2, -0.15) is 5.26 Å². The van der Waals surface area contributed by atoms with E-state index in [1.54, 1.807) is 0 Å². The Morgan fingerprint density at radius 1 is 1.32 bits per heavy atom. The van der Waals surface area contributed by atoms with Gasteiger partial charge in [-0.1, -0.05) is 44.2 Å². The standard InChI is InChI=1S/C17H24N2/c1-13(19)17(11-14-6-3-2-4-7-14)16-9-5-8-15(10-16)12-18/h5,8-10,13-14,17H,2-4,6-7,11,19H2,1H3. The summed E-state index contributed by atoms with van der Waals surface area (Å²) in [5, 5.41) is 9.02. The Labute approximate surface area is 116 Å². The van der Waals surface area contributed by atoms with Gasteiger partial charge in [-0.25, -0.2) is 0 Å². The van der Waals surface area contributed by atoms with Crippen LogP contribution in [0.25, 0.3) is 0 Å². The molecule has 0 saturated heterocycles. The van der Waals surface area contributed by atoms with Crippen molar-refractivity contribution in [2.45, 2.75) is 57.4 Å². The highest BCUT2D eigenvalue weighted by Gasteiger charge is 2.23.